The Bertz CT molecular complexity index is 572. The second kappa shape index (κ2) is 5.40. The zero-order valence-corrected chi connectivity index (χ0v) is 10.8. The Morgan fingerprint density at radius 1 is 1.47 bits per heavy atom. The summed E-state index contributed by atoms with van der Waals surface area (Å²) in [6, 6.07) is 3.97. The highest BCUT2D eigenvalue weighted by atomic mass is 16.2. The van der Waals surface area contributed by atoms with Crippen LogP contribution in [0.15, 0.2) is 30.7 Å². The van der Waals surface area contributed by atoms with Crippen LogP contribution in [-0.4, -0.2) is 27.9 Å². The van der Waals surface area contributed by atoms with E-state index in [-0.39, 0.29) is 11.9 Å². The fraction of sp³-hybridized carbons (Fsp3) is 0.429. The number of carbonyl (C=O) groups is 1. The quantitative estimate of drug-likeness (QED) is 0.866. The molecule has 0 aromatic carbocycles. The Kier molecular flexibility index (Phi) is 3.46. The number of piperidine rings is 1. The monoisotopic (exact) mass is 258 g/mol. The van der Waals surface area contributed by atoms with Crippen LogP contribution < -0.4 is 10.6 Å². The first-order chi connectivity index (χ1) is 9.33. The number of hydrogen-bond acceptors (Lipinski definition) is 3. The molecule has 19 heavy (non-hydrogen) atoms. The largest absolute Gasteiger partial charge is 0.351 e. The molecule has 1 aliphatic heterocycles. The van der Waals surface area contributed by atoms with Crippen molar-refractivity contribution >= 4 is 11.6 Å². The third-order valence-electron chi connectivity index (χ3n) is 3.56. The van der Waals surface area contributed by atoms with Gasteiger partial charge in [0.2, 0.25) is 5.91 Å². The Hall–Kier alpha value is -1.88. The van der Waals surface area contributed by atoms with Crippen LogP contribution in [0, 0.1) is 0 Å². The number of nitrogens with one attached hydrogen (secondary N) is 2. The lowest BCUT2D eigenvalue weighted by molar-refractivity contribution is -0.123. The van der Waals surface area contributed by atoms with Gasteiger partial charge in [-0.1, -0.05) is 6.42 Å². The van der Waals surface area contributed by atoms with Crippen molar-refractivity contribution in [3.8, 4) is 0 Å². The van der Waals surface area contributed by atoms with Gasteiger partial charge in [0.25, 0.3) is 0 Å². The molecule has 0 radical (unpaired) electrons. The summed E-state index contributed by atoms with van der Waals surface area (Å²) in [5.74, 6) is 0.0999. The van der Waals surface area contributed by atoms with Crippen molar-refractivity contribution in [1.82, 2.24) is 20.0 Å². The van der Waals surface area contributed by atoms with Crippen LogP contribution in [0.1, 0.15) is 24.8 Å². The number of fused-ring (bicyclic) bond motifs is 1. The molecule has 1 aliphatic rings. The van der Waals surface area contributed by atoms with E-state index >= 15 is 0 Å². The lowest BCUT2D eigenvalue weighted by atomic mass is 10.0. The van der Waals surface area contributed by atoms with E-state index in [1.165, 1.54) is 6.42 Å². The maximum atomic E-state index is 12.0. The summed E-state index contributed by atoms with van der Waals surface area (Å²) >= 11 is 0. The molecule has 3 heterocycles. The normalized spacial score (nSPS) is 19.5. The molecule has 5 nitrogen and oxygen atoms in total. The van der Waals surface area contributed by atoms with Crippen molar-refractivity contribution in [2.24, 2.45) is 0 Å². The third kappa shape index (κ3) is 2.76. The van der Waals surface area contributed by atoms with E-state index in [0.29, 0.717) is 6.54 Å². The molecule has 0 spiro atoms. The van der Waals surface area contributed by atoms with Crippen molar-refractivity contribution in [1.29, 1.82) is 0 Å². The van der Waals surface area contributed by atoms with Gasteiger partial charge in [-0.25, -0.2) is 4.98 Å². The van der Waals surface area contributed by atoms with E-state index in [1.807, 2.05) is 28.9 Å². The standard InChI is InChI=1S/C14H18N4O/c19-14(12-3-1-2-5-15-12)17-10-11-4-7-18-8-6-16-13(18)9-11/h4,6-9,12,15H,1-3,5,10H2,(H,17,19)/t12-/m1/s1. The number of nitrogens with zero attached hydrogens (tertiary/aromatic N) is 2. The fourth-order valence-electron chi connectivity index (χ4n) is 2.45. The van der Waals surface area contributed by atoms with Gasteiger partial charge in [-0.2, -0.15) is 0 Å². The molecule has 0 bridgehead atoms. The molecule has 1 atom stereocenters. The minimum absolute atomic E-state index is 0.0242. The van der Waals surface area contributed by atoms with Crippen LogP contribution in [-0.2, 0) is 11.3 Å². The van der Waals surface area contributed by atoms with Crippen LogP contribution in [0.3, 0.4) is 0 Å². The van der Waals surface area contributed by atoms with Gasteiger partial charge in [-0.05, 0) is 37.1 Å². The van der Waals surface area contributed by atoms with Crippen molar-refractivity contribution in [2.75, 3.05) is 6.54 Å². The number of rotatable bonds is 3. The Balaban J connectivity index is 1.60. The number of amides is 1. The summed E-state index contributed by atoms with van der Waals surface area (Å²) < 4.78 is 1.95. The minimum Gasteiger partial charge on any atom is -0.351 e. The SMILES string of the molecule is O=C(NCc1ccn2ccnc2c1)[C@H]1CCCCN1. The molecule has 2 aromatic heterocycles. The summed E-state index contributed by atoms with van der Waals surface area (Å²) in [7, 11) is 0. The number of aromatic nitrogens is 2. The van der Waals surface area contributed by atoms with Gasteiger partial charge in [0.15, 0.2) is 0 Å². The molecule has 3 rings (SSSR count). The molecule has 1 saturated heterocycles. The van der Waals surface area contributed by atoms with Crippen LogP contribution in [0.25, 0.3) is 5.65 Å². The van der Waals surface area contributed by atoms with Crippen molar-refractivity contribution in [2.45, 2.75) is 31.8 Å². The molecular weight excluding hydrogens is 240 g/mol. The van der Waals surface area contributed by atoms with E-state index < -0.39 is 0 Å². The predicted molar refractivity (Wildman–Crippen MR) is 72.7 cm³/mol. The first-order valence-electron chi connectivity index (χ1n) is 6.75. The molecule has 2 N–H and O–H groups in total. The molecule has 0 aliphatic carbocycles. The maximum absolute atomic E-state index is 12.0. The molecular formula is C14H18N4O. The second-order valence-electron chi connectivity index (χ2n) is 4.95. The van der Waals surface area contributed by atoms with Gasteiger partial charge in [0.05, 0.1) is 6.04 Å². The highest BCUT2D eigenvalue weighted by Gasteiger charge is 2.19. The molecule has 0 unspecified atom stereocenters. The third-order valence-corrected chi connectivity index (χ3v) is 3.56. The maximum Gasteiger partial charge on any atom is 0.237 e. The number of carbonyl (C=O) groups excluding carboxylic acids is 1. The van der Waals surface area contributed by atoms with Gasteiger partial charge >= 0.3 is 0 Å². The van der Waals surface area contributed by atoms with E-state index in [9.17, 15) is 4.79 Å². The first-order valence-corrected chi connectivity index (χ1v) is 6.75. The van der Waals surface area contributed by atoms with Gasteiger partial charge in [0.1, 0.15) is 5.65 Å². The number of pyridine rings is 1. The lowest BCUT2D eigenvalue weighted by Crippen LogP contribution is -2.46. The van der Waals surface area contributed by atoms with Gasteiger partial charge in [0, 0.05) is 25.1 Å². The zero-order valence-electron chi connectivity index (χ0n) is 10.8. The summed E-state index contributed by atoms with van der Waals surface area (Å²) in [5.41, 5.74) is 1.98. The predicted octanol–water partition coefficient (Wildman–Crippen LogP) is 1.09. The average Bonchev–Trinajstić information content (AvgIpc) is 2.93. The first kappa shape index (κ1) is 12.2. The number of imidazole rings is 1. The topological polar surface area (TPSA) is 58.4 Å². The van der Waals surface area contributed by atoms with Gasteiger partial charge in [-0.3, -0.25) is 4.79 Å². The van der Waals surface area contributed by atoms with Crippen LogP contribution >= 0.6 is 0 Å². The van der Waals surface area contributed by atoms with E-state index in [4.69, 9.17) is 0 Å². The molecule has 0 saturated carbocycles. The van der Waals surface area contributed by atoms with Gasteiger partial charge < -0.3 is 15.0 Å². The lowest BCUT2D eigenvalue weighted by Gasteiger charge is -2.22. The highest BCUT2D eigenvalue weighted by molar-refractivity contribution is 5.81. The van der Waals surface area contributed by atoms with E-state index in [1.54, 1.807) is 6.20 Å². The van der Waals surface area contributed by atoms with Crippen molar-refractivity contribution < 1.29 is 4.79 Å². The van der Waals surface area contributed by atoms with Crippen molar-refractivity contribution in [3.63, 3.8) is 0 Å². The Morgan fingerprint density at radius 3 is 3.26 bits per heavy atom. The van der Waals surface area contributed by atoms with Crippen LogP contribution in [0.4, 0.5) is 0 Å². The van der Waals surface area contributed by atoms with E-state index in [0.717, 1.165) is 30.6 Å². The summed E-state index contributed by atoms with van der Waals surface area (Å²) in [4.78, 5) is 16.2. The Morgan fingerprint density at radius 2 is 2.42 bits per heavy atom. The zero-order chi connectivity index (χ0) is 13.1. The fourth-order valence-corrected chi connectivity index (χ4v) is 2.45. The average molecular weight is 258 g/mol. The molecule has 1 fully saturated rings. The molecule has 2 aromatic rings. The summed E-state index contributed by atoms with van der Waals surface area (Å²) in [6.07, 6.45) is 8.87. The van der Waals surface area contributed by atoms with Crippen LogP contribution in [0.5, 0.6) is 0 Å². The summed E-state index contributed by atoms with van der Waals surface area (Å²) in [5, 5.41) is 6.24. The molecule has 1 amide bonds. The summed E-state index contributed by atoms with van der Waals surface area (Å²) in [6.45, 7) is 1.50. The number of hydrogen-bond donors (Lipinski definition) is 2. The molecule has 100 valence electrons. The smallest absolute Gasteiger partial charge is 0.237 e. The van der Waals surface area contributed by atoms with E-state index in [2.05, 4.69) is 15.6 Å². The Labute approximate surface area is 112 Å². The highest BCUT2D eigenvalue weighted by Crippen LogP contribution is 2.08. The second-order valence-corrected chi connectivity index (χ2v) is 4.95. The van der Waals surface area contributed by atoms with Crippen LogP contribution in [0.2, 0.25) is 0 Å². The van der Waals surface area contributed by atoms with Gasteiger partial charge in [-0.15, -0.1) is 0 Å². The van der Waals surface area contributed by atoms with Crippen molar-refractivity contribution in [3.05, 3.63) is 36.3 Å². The minimum atomic E-state index is -0.0242. The molecule has 5 heteroatoms.